The van der Waals surface area contributed by atoms with Crippen LogP contribution < -0.4 is 0 Å². The molecule has 2 unspecified atom stereocenters. The Hall–Kier alpha value is -1.06. The summed E-state index contributed by atoms with van der Waals surface area (Å²) < 4.78 is 4.53. The van der Waals surface area contributed by atoms with Crippen LogP contribution in [0.5, 0.6) is 0 Å². The minimum absolute atomic E-state index is 0.0742. The zero-order chi connectivity index (χ0) is 12.1. The number of carbonyl (C=O) groups is 2. The predicted molar refractivity (Wildman–Crippen MR) is 60.9 cm³/mol. The number of methoxy groups -OCH3 is 1. The number of amides is 1. The van der Waals surface area contributed by atoms with Gasteiger partial charge >= 0.3 is 5.97 Å². The molecule has 0 radical (unpaired) electrons. The zero-order valence-corrected chi connectivity index (χ0v) is 10.4. The number of likely N-dealkylation sites (tertiary alicyclic amines) is 1. The Bertz CT molecular complexity index is 255. The average molecular weight is 227 g/mol. The molecule has 0 spiro atoms. The molecule has 0 saturated carbocycles. The van der Waals surface area contributed by atoms with Crippen molar-refractivity contribution in [3.05, 3.63) is 0 Å². The molecule has 4 heteroatoms. The van der Waals surface area contributed by atoms with E-state index in [4.69, 9.17) is 0 Å². The Kier molecular flexibility index (Phi) is 4.77. The summed E-state index contributed by atoms with van der Waals surface area (Å²) in [6.45, 7) is 4.15. The summed E-state index contributed by atoms with van der Waals surface area (Å²) in [5, 5.41) is 0. The molecule has 1 amide bonds. The van der Waals surface area contributed by atoms with Crippen LogP contribution in [0, 0.1) is 0 Å². The molecular weight excluding hydrogens is 206 g/mol. The van der Waals surface area contributed by atoms with Crippen molar-refractivity contribution in [1.29, 1.82) is 0 Å². The third kappa shape index (κ3) is 3.22. The lowest BCUT2D eigenvalue weighted by atomic mass is 9.97. The molecule has 0 aromatic rings. The molecule has 0 aromatic heterocycles. The Morgan fingerprint density at radius 2 is 1.75 bits per heavy atom. The third-order valence-corrected chi connectivity index (χ3v) is 3.25. The first-order chi connectivity index (χ1) is 7.56. The molecule has 92 valence electrons. The summed E-state index contributed by atoms with van der Waals surface area (Å²) in [5.74, 6) is -0.240. The highest BCUT2D eigenvalue weighted by atomic mass is 16.5. The lowest BCUT2D eigenvalue weighted by Crippen LogP contribution is -2.47. The topological polar surface area (TPSA) is 46.6 Å². The molecule has 0 aromatic carbocycles. The Balaban J connectivity index is 2.47. The van der Waals surface area contributed by atoms with Crippen molar-refractivity contribution in [2.45, 2.75) is 58.0 Å². The molecule has 1 rings (SSSR count). The quantitative estimate of drug-likeness (QED) is 0.690. The van der Waals surface area contributed by atoms with Crippen LogP contribution in [0.3, 0.4) is 0 Å². The van der Waals surface area contributed by atoms with Gasteiger partial charge in [0.1, 0.15) is 0 Å². The first kappa shape index (κ1) is 13.0. The molecule has 1 saturated heterocycles. The van der Waals surface area contributed by atoms with E-state index in [2.05, 4.69) is 18.6 Å². The molecule has 16 heavy (non-hydrogen) atoms. The van der Waals surface area contributed by atoms with Gasteiger partial charge in [0.15, 0.2) is 0 Å². The van der Waals surface area contributed by atoms with Gasteiger partial charge < -0.3 is 9.64 Å². The summed E-state index contributed by atoms with van der Waals surface area (Å²) in [6.07, 6.45) is 3.76. The van der Waals surface area contributed by atoms with Gasteiger partial charge in [-0.05, 0) is 33.1 Å². The fourth-order valence-electron chi connectivity index (χ4n) is 2.35. The Morgan fingerprint density at radius 3 is 2.25 bits per heavy atom. The number of nitrogens with zero attached hydrogens (tertiary/aromatic N) is 1. The molecule has 0 N–H and O–H groups in total. The van der Waals surface area contributed by atoms with Crippen molar-refractivity contribution in [2.75, 3.05) is 7.11 Å². The van der Waals surface area contributed by atoms with E-state index in [1.807, 2.05) is 4.90 Å². The van der Waals surface area contributed by atoms with E-state index < -0.39 is 0 Å². The monoisotopic (exact) mass is 227 g/mol. The summed E-state index contributed by atoms with van der Waals surface area (Å²) in [6, 6.07) is 0.600. The number of esters is 1. The van der Waals surface area contributed by atoms with E-state index in [1.54, 1.807) is 0 Å². The van der Waals surface area contributed by atoms with Crippen LogP contribution in [0.15, 0.2) is 0 Å². The van der Waals surface area contributed by atoms with E-state index >= 15 is 0 Å². The van der Waals surface area contributed by atoms with Gasteiger partial charge in [-0.2, -0.15) is 0 Å². The van der Waals surface area contributed by atoms with Gasteiger partial charge in [-0.1, -0.05) is 0 Å². The van der Waals surface area contributed by atoms with Crippen molar-refractivity contribution >= 4 is 11.9 Å². The molecule has 4 nitrogen and oxygen atoms in total. The minimum atomic E-state index is -0.314. The first-order valence-electron chi connectivity index (χ1n) is 5.94. The number of piperidine rings is 1. The highest BCUT2D eigenvalue weighted by Crippen LogP contribution is 2.23. The minimum Gasteiger partial charge on any atom is -0.469 e. The first-order valence-corrected chi connectivity index (χ1v) is 5.94. The molecule has 0 aliphatic carbocycles. The van der Waals surface area contributed by atoms with Crippen LogP contribution in [0.2, 0.25) is 0 Å². The maximum atomic E-state index is 12.0. The summed E-state index contributed by atoms with van der Waals surface area (Å²) in [5.41, 5.74) is 0. The largest absolute Gasteiger partial charge is 0.469 e. The molecule has 1 aliphatic rings. The highest BCUT2D eigenvalue weighted by molar-refractivity contribution is 5.81. The number of ether oxygens (including phenoxy) is 1. The smallest absolute Gasteiger partial charge is 0.306 e. The van der Waals surface area contributed by atoms with Gasteiger partial charge in [0, 0.05) is 18.5 Å². The van der Waals surface area contributed by atoms with Crippen LogP contribution in [-0.4, -0.2) is 36.0 Å². The van der Waals surface area contributed by atoms with Gasteiger partial charge in [0.05, 0.1) is 13.5 Å². The fraction of sp³-hybridized carbons (Fsp3) is 0.833. The van der Waals surface area contributed by atoms with Crippen LogP contribution in [0.4, 0.5) is 0 Å². The SMILES string of the molecule is COC(=O)CCC(=O)N1C(C)CCCC1C. The lowest BCUT2D eigenvalue weighted by molar-refractivity contribution is -0.145. The van der Waals surface area contributed by atoms with Crippen LogP contribution >= 0.6 is 0 Å². The predicted octanol–water partition coefficient (Wildman–Crippen LogP) is 1.73. The van der Waals surface area contributed by atoms with Crippen LogP contribution in [-0.2, 0) is 14.3 Å². The summed E-state index contributed by atoms with van der Waals surface area (Å²) in [7, 11) is 1.35. The third-order valence-electron chi connectivity index (χ3n) is 3.25. The number of rotatable bonds is 3. The lowest BCUT2D eigenvalue weighted by Gasteiger charge is -2.39. The molecule has 1 fully saturated rings. The van der Waals surface area contributed by atoms with E-state index in [9.17, 15) is 9.59 Å². The van der Waals surface area contributed by atoms with Crippen molar-refractivity contribution < 1.29 is 14.3 Å². The standard InChI is InChI=1S/C12H21NO3/c1-9-5-4-6-10(2)13(9)11(14)7-8-12(15)16-3/h9-10H,4-8H2,1-3H3. The van der Waals surface area contributed by atoms with Crippen LogP contribution in [0.25, 0.3) is 0 Å². The Labute approximate surface area is 96.9 Å². The van der Waals surface area contributed by atoms with Gasteiger partial charge in [0.2, 0.25) is 5.91 Å². The fourth-order valence-corrected chi connectivity index (χ4v) is 2.35. The van der Waals surface area contributed by atoms with E-state index in [0.717, 1.165) is 12.8 Å². The maximum absolute atomic E-state index is 12.0. The second-order valence-electron chi connectivity index (χ2n) is 4.51. The van der Waals surface area contributed by atoms with E-state index in [0.29, 0.717) is 12.1 Å². The molecule has 2 atom stereocenters. The zero-order valence-electron chi connectivity index (χ0n) is 10.4. The van der Waals surface area contributed by atoms with E-state index in [1.165, 1.54) is 13.5 Å². The maximum Gasteiger partial charge on any atom is 0.306 e. The van der Waals surface area contributed by atoms with Gasteiger partial charge in [-0.3, -0.25) is 9.59 Å². The van der Waals surface area contributed by atoms with E-state index in [-0.39, 0.29) is 24.7 Å². The number of hydrogen-bond donors (Lipinski definition) is 0. The average Bonchev–Trinajstić information content (AvgIpc) is 2.25. The molecule has 0 bridgehead atoms. The second-order valence-corrected chi connectivity index (χ2v) is 4.51. The summed E-state index contributed by atoms with van der Waals surface area (Å²) >= 11 is 0. The van der Waals surface area contributed by atoms with Crippen molar-refractivity contribution in [1.82, 2.24) is 4.90 Å². The van der Waals surface area contributed by atoms with Crippen molar-refractivity contribution in [2.24, 2.45) is 0 Å². The normalized spacial score (nSPS) is 25.3. The molecule has 1 heterocycles. The van der Waals surface area contributed by atoms with Crippen LogP contribution in [0.1, 0.15) is 46.0 Å². The second kappa shape index (κ2) is 5.87. The van der Waals surface area contributed by atoms with Crippen molar-refractivity contribution in [3.63, 3.8) is 0 Å². The summed E-state index contributed by atoms with van der Waals surface area (Å²) in [4.78, 5) is 24.8. The number of carbonyl (C=O) groups excluding carboxylic acids is 2. The highest BCUT2D eigenvalue weighted by Gasteiger charge is 2.28. The molecular formula is C12H21NO3. The number of hydrogen-bond acceptors (Lipinski definition) is 3. The molecule has 1 aliphatic heterocycles. The van der Waals surface area contributed by atoms with Crippen molar-refractivity contribution in [3.8, 4) is 0 Å². The van der Waals surface area contributed by atoms with Gasteiger partial charge in [-0.25, -0.2) is 0 Å². The Morgan fingerprint density at radius 1 is 1.19 bits per heavy atom. The van der Waals surface area contributed by atoms with Gasteiger partial charge in [-0.15, -0.1) is 0 Å². The van der Waals surface area contributed by atoms with Gasteiger partial charge in [0.25, 0.3) is 0 Å².